The quantitative estimate of drug-likeness (QED) is 0.768. The predicted molar refractivity (Wildman–Crippen MR) is 91.4 cm³/mol. The van der Waals surface area contributed by atoms with Crippen LogP contribution in [-0.2, 0) is 4.79 Å². The summed E-state index contributed by atoms with van der Waals surface area (Å²) in [6.45, 7) is 2.07. The fraction of sp³-hybridized carbons (Fsp3) is 0.286. The van der Waals surface area contributed by atoms with Gasteiger partial charge in [0.2, 0.25) is 5.91 Å². The number of carbonyl (C=O) groups is 1. The van der Waals surface area contributed by atoms with Crippen LogP contribution >= 0.6 is 34.9 Å². The van der Waals surface area contributed by atoms with E-state index in [9.17, 15) is 4.79 Å². The van der Waals surface area contributed by atoms with Gasteiger partial charge in [-0.05, 0) is 17.9 Å². The Kier molecular flexibility index (Phi) is 6.71. The first kappa shape index (κ1) is 16.8. The number of nitriles is 1. The molecule has 0 aliphatic heterocycles. The SMILES string of the molecule is CCSc1nnc(SCCC(=O)Nc2ccccc2C#N)s1. The minimum Gasteiger partial charge on any atom is -0.325 e. The lowest BCUT2D eigenvalue weighted by molar-refractivity contribution is -0.115. The number of aromatic nitrogens is 2. The molecule has 22 heavy (non-hydrogen) atoms. The van der Waals surface area contributed by atoms with Crippen molar-refractivity contribution in [1.29, 1.82) is 5.26 Å². The van der Waals surface area contributed by atoms with Crippen LogP contribution in [0.5, 0.6) is 0 Å². The van der Waals surface area contributed by atoms with E-state index in [1.54, 1.807) is 47.4 Å². The maximum Gasteiger partial charge on any atom is 0.225 e. The van der Waals surface area contributed by atoms with Crippen LogP contribution in [0.25, 0.3) is 0 Å². The van der Waals surface area contributed by atoms with Crippen LogP contribution in [-0.4, -0.2) is 27.6 Å². The summed E-state index contributed by atoms with van der Waals surface area (Å²) in [6, 6.07) is 9.02. The van der Waals surface area contributed by atoms with Crippen LogP contribution in [0.2, 0.25) is 0 Å². The lowest BCUT2D eigenvalue weighted by Gasteiger charge is -2.05. The van der Waals surface area contributed by atoms with Gasteiger partial charge in [-0.25, -0.2) is 0 Å². The zero-order valence-electron chi connectivity index (χ0n) is 11.9. The van der Waals surface area contributed by atoms with Crippen molar-refractivity contribution in [3.8, 4) is 6.07 Å². The summed E-state index contributed by atoms with van der Waals surface area (Å²) in [4.78, 5) is 11.9. The average molecular weight is 350 g/mol. The normalized spacial score (nSPS) is 10.2. The molecule has 1 aromatic carbocycles. The smallest absolute Gasteiger partial charge is 0.225 e. The van der Waals surface area contributed by atoms with Crippen LogP contribution in [0.4, 0.5) is 5.69 Å². The van der Waals surface area contributed by atoms with Gasteiger partial charge in [-0.1, -0.05) is 53.9 Å². The van der Waals surface area contributed by atoms with Gasteiger partial charge in [-0.15, -0.1) is 10.2 Å². The standard InChI is InChI=1S/C14H14N4OS3/c1-2-20-13-17-18-14(22-13)21-8-7-12(19)16-11-6-4-3-5-10(11)9-15/h3-6H,2,7-8H2,1H3,(H,16,19). The van der Waals surface area contributed by atoms with Crippen LogP contribution in [0, 0.1) is 11.3 Å². The van der Waals surface area contributed by atoms with E-state index < -0.39 is 0 Å². The molecule has 0 spiro atoms. The summed E-state index contributed by atoms with van der Waals surface area (Å²) in [7, 11) is 0. The third-order valence-corrected chi connectivity index (χ3v) is 5.61. The average Bonchev–Trinajstić information content (AvgIpc) is 2.96. The first-order valence-electron chi connectivity index (χ1n) is 6.61. The predicted octanol–water partition coefficient (Wildman–Crippen LogP) is 3.64. The summed E-state index contributed by atoms with van der Waals surface area (Å²) in [5.74, 6) is 1.49. The van der Waals surface area contributed by atoms with Crippen molar-refractivity contribution < 1.29 is 4.79 Å². The van der Waals surface area contributed by atoms with Crippen LogP contribution in [0.1, 0.15) is 18.9 Å². The highest BCUT2D eigenvalue weighted by Crippen LogP contribution is 2.28. The van der Waals surface area contributed by atoms with Crippen LogP contribution in [0.3, 0.4) is 0 Å². The van der Waals surface area contributed by atoms with Crippen molar-refractivity contribution in [2.75, 3.05) is 16.8 Å². The fourth-order valence-corrected chi connectivity index (χ4v) is 4.50. The molecule has 1 N–H and O–H groups in total. The van der Waals surface area contributed by atoms with E-state index in [4.69, 9.17) is 5.26 Å². The first-order chi connectivity index (χ1) is 10.7. The molecule has 8 heteroatoms. The number of nitrogens with one attached hydrogen (secondary N) is 1. The minimum atomic E-state index is -0.108. The van der Waals surface area contributed by atoms with Crippen molar-refractivity contribution in [2.24, 2.45) is 0 Å². The topological polar surface area (TPSA) is 78.7 Å². The molecule has 0 atom stereocenters. The van der Waals surface area contributed by atoms with E-state index in [2.05, 4.69) is 28.5 Å². The molecular formula is C14H14N4OS3. The zero-order chi connectivity index (χ0) is 15.8. The number of hydrogen-bond acceptors (Lipinski definition) is 7. The molecule has 0 saturated carbocycles. The second-order valence-electron chi connectivity index (χ2n) is 4.07. The maximum atomic E-state index is 11.9. The molecular weight excluding hydrogens is 336 g/mol. The van der Waals surface area contributed by atoms with Gasteiger partial charge in [-0.3, -0.25) is 4.79 Å². The highest BCUT2D eigenvalue weighted by molar-refractivity contribution is 8.03. The molecule has 2 aromatic rings. The zero-order valence-corrected chi connectivity index (χ0v) is 14.4. The van der Waals surface area contributed by atoms with Gasteiger partial charge in [0.1, 0.15) is 6.07 Å². The number of hydrogen-bond donors (Lipinski definition) is 1. The number of rotatable bonds is 7. The first-order valence-corrected chi connectivity index (χ1v) is 9.39. The Bertz CT molecular complexity index is 681. The van der Waals surface area contributed by atoms with E-state index in [0.717, 1.165) is 14.4 Å². The number of amides is 1. The van der Waals surface area contributed by atoms with Crippen molar-refractivity contribution in [3.05, 3.63) is 29.8 Å². The molecule has 0 aliphatic carbocycles. The van der Waals surface area contributed by atoms with Gasteiger partial charge in [0.15, 0.2) is 8.68 Å². The Hall–Kier alpha value is -1.56. The van der Waals surface area contributed by atoms with E-state index >= 15 is 0 Å². The van der Waals surface area contributed by atoms with Gasteiger partial charge >= 0.3 is 0 Å². The second-order valence-corrected chi connectivity index (χ2v) is 7.90. The molecule has 1 amide bonds. The fourth-order valence-electron chi connectivity index (χ4n) is 1.57. The van der Waals surface area contributed by atoms with Gasteiger partial charge in [0.05, 0.1) is 11.3 Å². The van der Waals surface area contributed by atoms with E-state index in [-0.39, 0.29) is 5.91 Å². The summed E-state index contributed by atoms with van der Waals surface area (Å²) in [6.07, 6.45) is 0.361. The minimum absolute atomic E-state index is 0.108. The van der Waals surface area contributed by atoms with Gasteiger partial charge in [0.25, 0.3) is 0 Å². The number of para-hydroxylation sites is 1. The lowest BCUT2D eigenvalue weighted by Crippen LogP contribution is -2.13. The molecule has 0 bridgehead atoms. The third-order valence-electron chi connectivity index (χ3n) is 2.53. The summed E-state index contributed by atoms with van der Waals surface area (Å²) in [5, 5.41) is 19.9. The van der Waals surface area contributed by atoms with Gasteiger partial charge < -0.3 is 5.32 Å². The molecule has 114 valence electrons. The number of anilines is 1. The Morgan fingerprint density at radius 2 is 2.05 bits per heavy atom. The number of carbonyl (C=O) groups excluding carboxylic acids is 1. The molecule has 1 aromatic heterocycles. The molecule has 0 unspecified atom stereocenters. The van der Waals surface area contributed by atoms with Crippen molar-refractivity contribution in [3.63, 3.8) is 0 Å². The molecule has 1 heterocycles. The molecule has 0 radical (unpaired) electrons. The van der Waals surface area contributed by atoms with Crippen LogP contribution in [0.15, 0.2) is 32.9 Å². The largest absolute Gasteiger partial charge is 0.325 e. The van der Waals surface area contributed by atoms with Crippen molar-refractivity contribution >= 4 is 46.5 Å². The Labute approximate surface area is 141 Å². The van der Waals surface area contributed by atoms with E-state index in [1.807, 2.05) is 0 Å². The number of benzene rings is 1. The highest BCUT2D eigenvalue weighted by Gasteiger charge is 2.08. The third kappa shape index (κ3) is 5.02. The molecule has 2 rings (SSSR count). The van der Waals surface area contributed by atoms with Crippen molar-refractivity contribution in [2.45, 2.75) is 22.0 Å². The Balaban J connectivity index is 1.79. The highest BCUT2D eigenvalue weighted by atomic mass is 32.2. The van der Waals surface area contributed by atoms with E-state index in [0.29, 0.717) is 23.4 Å². The van der Waals surface area contributed by atoms with Crippen molar-refractivity contribution in [1.82, 2.24) is 10.2 Å². The van der Waals surface area contributed by atoms with E-state index in [1.165, 1.54) is 11.8 Å². The Morgan fingerprint density at radius 1 is 1.32 bits per heavy atom. The molecule has 0 fully saturated rings. The summed E-state index contributed by atoms with van der Waals surface area (Å²) < 4.78 is 1.83. The monoisotopic (exact) mass is 350 g/mol. The lowest BCUT2D eigenvalue weighted by atomic mass is 10.2. The van der Waals surface area contributed by atoms with Gasteiger partial charge in [0, 0.05) is 12.2 Å². The Morgan fingerprint density at radius 3 is 2.77 bits per heavy atom. The number of thioether (sulfide) groups is 2. The number of nitrogens with zero attached hydrogens (tertiary/aromatic N) is 3. The summed E-state index contributed by atoms with van der Waals surface area (Å²) >= 11 is 4.73. The van der Waals surface area contributed by atoms with Crippen LogP contribution < -0.4 is 5.32 Å². The molecule has 0 saturated heterocycles. The summed E-state index contributed by atoms with van der Waals surface area (Å²) in [5.41, 5.74) is 1.02. The molecule has 0 aliphatic rings. The maximum absolute atomic E-state index is 11.9. The van der Waals surface area contributed by atoms with Gasteiger partial charge in [-0.2, -0.15) is 5.26 Å². The molecule has 5 nitrogen and oxygen atoms in total. The second kappa shape index (κ2) is 8.78.